The standard InChI is InChI=1S/C26H22O3/c1-2-29-26-17-24(28)15-16-25(26)22-9-7-20(8-10-22)18-3-5-19(6-4-18)21-11-13-23(27)14-12-21/h3-17,27-28H,2H2,1H3. The number of hydrogen-bond donors (Lipinski definition) is 2. The quantitative estimate of drug-likeness (QED) is 0.414. The Morgan fingerprint density at radius 2 is 0.966 bits per heavy atom. The number of aromatic hydroxyl groups is 2. The highest BCUT2D eigenvalue weighted by molar-refractivity contribution is 5.76. The Kier molecular flexibility index (Phi) is 5.21. The van der Waals surface area contributed by atoms with Crippen LogP contribution < -0.4 is 4.74 Å². The fraction of sp³-hybridized carbons (Fsp3) is 0.0769. The van der Waals surface area contributed by atoms with E-state index in [0.717, 1.165) is 33.4 Å². The summed E-state index contributed by atoms with van der Waals surface area (Å²) in [6.45, 7) is 2.47. The van der Waals surface area contributed by atoms with Crippen LogP contribution in [0.25, 0.3) is 33.4 Å². The van der Waals surface area contributed by atoms with E-state index >= 15 is 0 Å². The van der Waals surface area contributed by atoms with Crippen LogP contribution in [0.2, 0.25) is 0 Å². The molecule has 3 nitrogen and oxygen atoms in total. The first-order chi connectivity index (χ1) is 14.1. The van der Waals surface area contributed by atoms with Gasteiger partial charge in [0, 0.05) is 11.6 Å². The number of rotatable bonds is 5. The van der Waals surface area contributed by atoms with Gasteiger partial charge in [-0.3, -0.25) is 0 Å². The number of benzene rings is 4. The summed E-state index contributed by atoms with van der Waals surface area (Å²) in [4.78, 5) is 0. The summed E-state index contributed by atoms with van der Waals surface area (Å²) in [6.07, 6.45) is 0. The van der Waals surface area contributed by atoms with Crippen LogP contribution in [0.15, 0.2) is 91.0 Å². The molecular weight excluding hydrogens is 360 g/mol. The number of hydrogen-bond acceptors (Lipinski definition) is 3. The second kappa shape index (κ2) is 8.11. The first kappa shape index (κ1) is 18.6. The van der Waals surface area contributed by atoms with Crippen LogP contribution >= 0.6 is 0 Å². The molecule has 0 bridgehead atoms. The number of phenols is 2. The second-order valence-corrected chi connectivity index (χ2v) is 6.82. The molecule has 0 spiro atoms. The topological polar surface area (TPSA) is 49.7 Å². The van der Waals surface area contributed by atoms with Crippen molar-refractivity contribution < 1.29 is 14.9 Å². The lowest BCUT2D eigenvalue weighted by molar-refractivity contribution is 0.339. The molecule has 0 heterocycles. The maximum absolute atomic E-state index is 9.73. The Bertz CT molecular complexity index is 1100. The molecule has 0 saturated heterocycles. The molecule has 0 fully saturated rings. The van der Waals surface area contributed by atoms with E-state index in [1.54, 1.807) is 24.3 Å². The van der Waals surface area contributed by atoms with E-state index in [-0.39, 0.29) is 11.5 Å². The van der Waals surface area contributed by atoms with E-state index in [1.165, 1.54) is 0 Å². The highest BCUT2D eigenvalue weighted by Gasteiger charge is 2.08. The molecule has 2 N–H and O–H groups in total. The molecule has 4 rings (SSSR count). The number of phenolic OH excluding ortho intramolecular Hbond substituents is 2. The van der Waals surface area contributed by atoms with Gasteiger partial charge in [-0.2, -0.15) is 0 Å². The van der Waals surface area contributed by atoms with Gasteiger partial charge >= 0.3 is 0 Å². The largest absolute Gasteiger partial charge is 0.508 e. The summed E-state index contributed by atoms with van der Waals surface area (Å²) >= 11 is 0. The molecule has 0 saturated carbocycles. The van der Waals surface area contributed by atoms with Gasteiger partial charge in [0.25, 0.3) is 0 Å². The normalized spacial score (nSPS) is 10.7. The summed E-state index contributed by atoms with van der Waals surface area (Å²) in [5.74, 6) is 1.15. The third-order valence-corrected chi connectivity index (χ3v) is 4.88. The van der Waals surface area contributed by atoms with E-state index in [0.29, 0.717) is 12.4 Å². The molecule has 144 valence electrons. The van der Waals surface area contributed by atoms with Crippen molar-refractivity contribution in [3.8, 4) is 50.6 Å². The SMILES string of the molecule is CCOc1cc(O)ccc1-c1ccc(-c2ccc(-c3ccc(O)cc3)cc2)cc1. The van der Waals surface area contributed by atoms with Gasteiger partial charge in [-0.1, -0.05) is 60.7 Å². The minimum Gasteiger partial charge on any atom is -0.508 e. The van der Waals surface area contributed by atoms with Gasteiger partial charge in [-0.25, -0.2) is 0 Å². The molecular formula is C26H22O3. The van der Waals surface area contributed by atoms with Crippen molar-refractivity contribution in [3.63, 3.8) is 0 Å². The molecule has 0 amide bonds. The zero-order valence-corrected chi connectivity index (χ0v) is 16.2. The van der Waals surface area contributed by atoms with E-state index in [4.69, 9.17) is 4.74 Å². The first-order valence-electron chi connectivity index (χ1n) is 9.60. The molecule has 0 aliphatic heterocycles. The third kappa shape index (κ3) is 4.09. The van der Waals surface area contributed by atoms with Gasteiger partial charge in [0.05, 0.1) is 6.61 Å². The monoisotopic (exact) mass is 382 g/mol. The van der Waals surface area contributed by atoms with Crippen LogP contribution in [0.5, 0.6) is 17.2 Å². The van der Waals surface area contributed by atoms with Gasteiger partial charge in [-0.05, 0) is 59.0 Å². The van der Waals surface area contributed by atoms with Crippen molar-refractivity contribution >= 4 is 0 Å². The fourth-order valence-electron chi connectivity index (χ4n) is 3.38. The minimum atomic E-state index is 0.197. The van der Waals surface area contributed by atoms with Gasteiger partial charge < -0.3 is 14.9 Å². The van der Waals surface area contributed by atoms with Crippen LogP contribution in [0, 0.1) is 0 Å². The second-order valence-electron chi connectivity index (χ2n) is 6.82. The van der Waals surface area contributed by atoms with Crippen molar-refractivity contribution in [2.45, 2.75) is 6.92 Å². The van der Waals surface area contributed by atoms with Crippen molar-refractivity contribution in [3.05, 3.63) is 91.0 Å². The van der Waals surface area contributed by atoms with Gasteiger partial charge in [0.15, 0.2) is 0 Å². The summed E-state index contributed by atoms with van der Waals surface area (Å²) in [5.41, 5.74) is 6.44. The average molecular weight is 382 g/mol. The molecule has 0 atom stereocenters. The maximum Gasteiger partial charge on any atom is 0.130 e. The Hall–Kier alpha value is -3.72. The Morgan fingerprint density at radius 1 is 0.552 bits per heavy atom. The fourth-order valence-corrected chi connectivity index (χ4v) is 3.38. The Morgan fingerprint density at radius 3 is 1.45 bits per heavy atom. The lowest BCUT2D eigenvalue weighted by atomic mass is 9.97. The Labute approximate surface area is 170 Å². The lowest BCUT2D eigenvalue weighted by Gasteiger charge is -2.12. The third-order valence-electron chi connectivity index (χ3n) is 4.88. The maximum atomic E-state index is 9.73. The molecule has 0 unspecified atom stereocenters. The Balaban J connectivity index is 1.59. The summed E-state index contributed by atoms with van der Waals surface area (Å²) < 4.78 is 5.67. The van der Waals surface area contributed by atoms with Crippen molar-refractivity contribution in [2.75, 3.05) is 6.61 Å². The molecule has 4 aromatic carbocycles. The van der Waals surface area contributed by atoms with E-state index in [1.807, 2.05) is 25.1 Å². The molecule has 0 aliphatic rings. The van der Waals surface area contributed by atoms with Gasteiger partial charge in [0.1, 0.15) is 17.2 Å². The van der Waals surface area contributed by atoms with E-state index < -0.39 is 0 Å². The van der Waals surface area contributed by atoms with Gasteiger partial charge in [-0.15, -0.1) is 0 Å². The highest BCUT2D eigenvalue weighted by atomic mass is 16.5. The first-order valence-corrected chi connectivity index (χ1v) is 9.60. The predicted molar refractivity (Wildman–Crippen MR) is 117 cm³/mol. The van der Waals surface area contributed by atoms with Crippen LogP contribution in [0.4, 0.5) is 0 Å². The van der Waals surface area contributed by atoms with E-state index in [9.17, 15) is 10.2 Å². The van der Waals surface area contributed by atoms with Crippen molar-refractivity contribution in [2.24, 2.45) is 0 Å². The number of ether oxygens (including phenoxy) is 1. The molecule has 0 aliphatic carbocycles. The average Bonchev–Trinajstić information content (AvgIpc) is 2.75. The van der Waals surface area contributed by atoms with Crippen LogP contribution in [0.1, 0.15) is 6.92 Å². The molecule has 0 aromatic heterocycles. The molecule has 29 heavy (non-hydrogen) atoms. The molecule has 3 heteroatoms. The smallest absolute Gasteiger partial charge is 0.130 e. The van der Waals surface area contributed by atoms with Crippen LogP contribution in [-0.2, 0) is 0 Å². The van der Waals surface area contributed by atoms with E-state index in [2.05, 4.69) is 48.5 Å². The van der Waals surface area contributed by atoms with Gasteiger partial charge in [0.2, 0.25) is 0 Å². The summed E-state index contributed by atoms with van der Waals surface area (Å²) in [7, 11) is 0. The van der Waals surface area contributed by atoms with Crippen molar-refractivity contribution in [1.29, 1.82) is 0 Å². The minimum absolute atomic E-state index is 0.197. The highest BCUT2D eigenvalue weighted by Crippen LogP contribution is 2.34. The zero-order chi connectivity index (χ0) is 20.2. The predicted octanol–water partition coefficient (Wildman–Crippen LogP) is 6.50. The summed E-state index contributed by atoms with van der Waals surface area (Å²) in [6, 6.07) is 29.1. The molecule has 0 radical (unpaired) electrons. The lowest BCUT2D eigenvalue weighted by Crippen LogP contribution is -1.94. The molecule has 4 aromatic rings. The van der Waals surface area contributed by atoms with Crippen LogP contribution in [0.3, 0.4) is 0 Å². The zero-order valence-electron chi connectivity index (χ0n) is 16.2. The van der Waals surface area contributed by atoms with Crippen LogP contribution in [-0.4, -0.2) is 16.8 Å². The van der Waals surface area contributed by atoms with Crippen molar-refractivity contribution in [1.82, 2.24) is 0 Å². The summed E-state index contributed by atoms with van der Waals surface area (Å²) in [5, 5.41) is 19.2.